The summed E-state index contributed by atoms with van der Waals surface area (Å²) < 4.78 is 43.6. The molecule has 0 fully saturated rings. The van der Waals surface area contributed by atoms with Gasteiger partial charge in [-0.15, -0.1) is 0 Å². The number of nitrogens with one attached hydrogen (secondary N) is 1. The van der Waals surface area contributed by atoms with Crippen LogP contribution in [0.2, 0.25) is 0 Å². The molecule has 0 saturated heterocycles. The summed E-state index contributed by atoms with van der Waals surface area (Å²) in [5, 5.41) is 3.48. The highest BCUT2D eigenvalue weighted by Crippen LogP contribution is 2.18. The fraction of sp³-hybridized carbons (Fsp3) is 0.767. The Hall–Kier alpha value is -1.83. The molecule has 1 N–H and O–H groups in total. The summed E-state index contributed by atoms with van der Waals surface area (Å²) in [5.74, 6) is 0.893. The summed E-state index contributed by atoms with van der Waals surface area (Å²) in [4.78, 5) is 7.12. The van der Waals surface area contributed by atoms with E-state index in [1.54, 1.807) is 7.11 Å². The number of hydrogen-bond donors (Lipinski definition) is 1. The summed E-state index contributed by atoms with van der Waals surface area (Å²) in [6, 6.07) is 8.62. The summed E-state index contributed by atoms with van der Waals surface area (Å²) in [6.45, 7) is 13.8. The minimum Gasteiger partial charge on any atom is -0.382 e. The largest absolute Gasteiger partial charge is 0.382 e. The standard InChI is InChI=1S/C30H53N3O8/c1-3-12-35-17-18-36-13-9-31-30(33-11-8-28-6-4-5-7-29(28)27-33)32-10-14-37-19-20-39-23-24-41-26-25-40-22-21-38-16-15-34-2/h4-7H,3,8-27H2,1-2H3,(H,31,32). The van der Waals surface area contributed by atoms with Gasteiger partial charge in [0.15, 0.2) is 5.96 Å². The Bertz CT molecular complexity index is 771. The van der Waals surface area contributed by atoms with E-state index >= 15 is 0 Å². The second-order valence-corrected chi connectivity index (χ2v) is 9.35. The van der Waals surface area contributed by atoms with Gasteiger partial charge in [-0.25, -0.2) is 0 Å². The Morgan fingerprint density at radius 3 is 1.78 bits per heavy atom. The smallest absolute Gasteiger partial charge is 0.194 e. The van der Waals surface area contributed by atoms with Crippen molar-refractivity contribution in [2.75, 3.05) is 126 Å². The lowest BCUT2D eigenvalue weighted by Crippen LogP contribution is -2.45. The molecular formula is C30H53N3O8. The van der Waals surface area contributed by atoms with Crippen LogP contribution in [0.3, 0.4) is 0 Å². The maximum absolute atomic E-state index is 5.74. The van der Waals surface area contributed by atoms with E-state index in [1.807, 2.05) is 0 Å². The van der Waals surface area contributed by atoms with Gasteiger partial charge in [-0.05, 0) is 24.0 Å². The van der Waals surface area contributed by atoms with Gasteiger partial charge in [0, 0.05) is 33.4 Å². The predicted molar refractivity (Wildman–Crippen MR) is 159 cm³/mol. The van der Waals surface area contributed by atoms with Crippen LogP contribution in [0, 0.1) is 0 Å². The third-order valence-corrected chi connectivity index (χ3v) is 6.10. The van der Waals surface area contributed by atoms with Gasteiger partial charge in [-0.2, -0.15) is 0 Å². The lowest BCUT2D eigenvalue weighted by atomic mass is 10.0. The minimum atomic E-state index is 0.530. The quantitative estimate of drug-likeness (QED) is 0.0992. The van der Waals surface area contributed by atoms with Crippen LogP contribution in [0.15, 0.2) is 29.3 Å². The lowest BCUT2D eigenvalue weighted by Gasteiger charge is -2.32. The van der Waals surface area contributed by atoms with Crippen molar-refractivity contribution in [1.29, 1.82) is 0 Å². The summed E-state index contributed by atoms with van der Waals surface area (Å²) in [6.07, 6.45) is 2.03. The Balaban J connectivity index is 1.52. The first-order valence-corrected chi connectivity index (χ1v) is 15.0. The van der Waals surface area contributed by atoms with Gasteiger partial charge in [-0.1, -0.05) is 31.2 Å². The highest BCUT2D eigenvalue weighted by molar-refractivity contribution is 5.80. The summed E-state index contributed by atoms with van der Waals surface area (Å²) in [7, 11) is 1.65. The van der Waals surface area contributed by atoms with Crippen LogP contribution in [-0.2, 0) is 50.9 Å². The number of nitrogens with zero attached hydrogens (tertiary/aromatic N) is 2. The number of aliphatic imine (C=N–C) groups is 1. The Morgan fingerprint density at radius 2 is 1.20 bits per heavy atom. The highest BCUT2D eigenvalue weighted by Gasteiger charge is 2.18. The molecule has 0 aromatic heterocycles. The van der Waals surface area contributed by atoms with Crippen molar-refractivity contribution in [3.05, 3.63) is 35.4 Å². The Labute approximate surface area is 246 Å². The van der Waals surface area contributed by atoms with Gasteiger partial charge >= 0.3 is 0 Å². The Kier molecular flexibility index (Phi) is 22.3. The molecule has 11 nitrogen and oxygen atoms in total. The van der Waals surface area contributed by atoms with Crippen molar-refractivity contribution < 1.29 is 37.9 Å². The number of fused-ring (bicyclic) bond motifs is 1. The zero-order valence-electron chi connectivity index (χ0n) is 25.3. The van der Waals surface area contributed by atoms with Crippen molar-refractivity contribution in [1.82, 2.24) is 10.2 Å². The van der Waals surface area contributed by atoms with Crippen LogP contribution in [0.4, 0.5) is 0 Å². The van der Waals surface area contributed by atoms with Crippen molar-refractivity contribution >= 4 is 5.96 Å². The first-order valence-electron chi connectivity index (χ1n) is 15.0. The molecule has 1 aliphatic rings. The molecule has 0 unspecified atom stereocenters. The second-order valence-electron chi connectivity index (χ2n) is 9.35. The maximum atomic E-state index is 5.74. The topological polar surface area (TPSA) is 101 Å². The molecule has 0 spiro atoms. The predicted octanol–water partition coefficient (Wildman–Crippen LogP) is 2.16. The number of hydrogen-bond acceptors (Lipinski definition) is 9. The monoisotopic (exact) mass is 583 g/mol. The van der Waals surface area contributed by atoms with Gasteiger partial charge < -0.3 is 48.1 Å². The molecule has 0 saturated carbocycles. The van der Waals surface area contributed by atoms with Gasteiger partial charge in [0.05, 0.1) is 99.0 Å². The molecule has 41 heavy (non-hydrogen) atoms. The first-order chi connectivity index (χ1) is 20.3. The first kappa shape index (κ1) is 35.4. The fourth-order valence-corrected chi connectivity index (χ4v) is 3.99. The molecular weight excluding hydrogens is 530 g/mol. The molecule has 2 rings (SSSR count). The van der Waals surface area contributed by atoms with E-state index in [0.29, 0.717) is 106 Å². The number of ether oxygens (including phenoxy) is 8. The molecule has 0 amide bonds. The van der Waals surface area contributed by atoms with Crippen LogP contribution in [0.1, 0.15) is 24.5 Å². The van der Waals surface area contributed by atoms with E-state index in [2.05, 4.69) is 41.4 Å². The molecule has 1 heterocycles. The zero-order valence-corrected chi connectivity index (χ0v) is 25.3. The van der Waals surface area contributed by atoms with Gasteiger partial charge in [0.1, 0.15) is 0 Å². The molecule has 0 atom stereocenters. The van der Waals surface area contributed by atoms with E-state index in [0.717, 1.165) is 38.5 Å². The van der Waals surface area contributed by atoms with E-state index in [4.69, 9.17) is 42.9 Å². The molecule has 11 heteroatoms. The number of methoxy groups -OCH3 is 1. The van der Waals surface area contributed by atoms with Gasteiger partial charge in [0.2, 0.25) is 0 Å². The van der Waals surface area contributed by atoms with Crippen LogP contribution in [0.25, 0.3) is 0 Å². The average Bonchev–Trinajstić information content (AvgIpc) is 3.00. The SMILES string of the molecule is CCCOCCOCCN=C(NCCOCCOCCOCCOCCOCCOC)N1CCc2ccccc2C1. The average molecular weight is 584 g/mol. The number of guanidine groups is 1. The van der Waals surface area contributed by atoms with E-state index in [1.165, 1.54) is 11.1 Å². The molecule has 1 aromatic carbocycles. The minimum absolute atomic E-state index is 0.530. The van der Waals surface area contributed by atoms with Crippen molar-refractivity contribution in [3.8, 4) is 0 Å². The van der Waals surface area contributed by atoms with Crippen LogP contribution < -0.4 is 5.32 Å². The van der Waals surface area contributed by atoms with Crippen molar-refractivity contribution in [3.63, 3.8) is 0 Å². The van der Waals surface area contributed by atoms with E-state index < -0.39 is 0 Å². The lowest BCUT2D eigenvalue weighted by molar-refractivity contribution is -0.0144. The fourth-order valence-electron chi connectivity index (χ4n) is 3.99. The zero-order chi connectivity index (χ0) is 29.1. The van der Waals surface area contributed by atoms with Crippen LogP contribution in [-0.4, -0.2) is 137 Å². The third-order valence-electron chi connectivity index (χ3n) is 6.10. The number of benzene rings is 1. The van der Waals surface area contributed by atoms with Crippen LogP contribution >= 0.6 is 0 Å². The van der Waals surface area contributed by atoms with Gasteiger partial charge in [0.25, 0.3) is 0 Å². The molecule has 1 aromatic rings. The van der Waals surface area contributed by atoms with Crippen molar-refractivity contribution in [2.24, 2.45) is 4.99 Å². The summed E-state index contributed by atoms with van der Waals surface area (Å²) >= 11 is 0. The highest BCUT2D eigenvalue weighted by atomic mass is 16.6. The number of rotatable bonds is 26. The summed E-state index contributed by atoms with van der Waals surface area (Å²) in [5.41, 5.74) is 2.77. The van der Waals surface area contributed by atoms with Crippen molar-refractivity contribution in [2.45, 2.75) is 26.3 Å². The molecule has 236 valence electrons. The van der Waals surface area contributed by atoms with E-state index in [9.17, 15) is 0 Å². The molecule has 0 radical (unpaired) electrons. The molecule has 0 aliphatic carbocycles. The van der Waals surface area contributed by atoms with E-state index in [-0.39, 0.29) is 0 Å². The van der Waals surface area contributed by atoms with Crippen LogP contribution in [0.5, 0.6) is 0 Å². The normalized spacial score (nSPS) is 13.5. The third kappa shape index (κ3) is 18.3. The molecule has 1 aliphatic heterocycles. The Morgan fingerprint density at radius 1 is 0.683 bits per heavy atom. The molecule has 0 bridgehead atoms. The second kappa shape index (κ2) is 25.8. The van der Waals surface area contributed by atoms with Gasteiger partial charge in [-0.3, -0.25) is 4.99 Å². The maximum Gasteiger partial charge on any atom is 0.194 e.